The molecule has 1 rings (SSSR count). The molecule has 0 aromatic carbocycles. The number of carbonyl (C=O) groups is 2. The van der Waals surface area contributed by atoms with Crippen LogP contribution in [-0.4, -0.2) is 49.0 Å². The van der Waals surface area contributed by atoms with Crippen LogP contribution in [0.25, 0.3) is 0 Å². The van der Waals surface area contributed by atoms with Gasteiger partial charge in [-0.15, -0.1) is 0 Å². The third kappa shape index (κ3) is 8.47. The van der Waals surface area contributed by atoms with Crippen molar-refractivity contribution in [2.75, 3.05) is 13.1 Å². The van der Waals surface area contributed by atoms with Crippen molar-refractivity contribution in [2.45, 2.75) is 40.0 Å². The van der Waals surface area contributed by atoms with E-state index in [2.05, 4.69) is 30.4 Å². The summed E-state index contributed by atoms with van der Waals surface area (Å²) in [5.41, 5.74) is -0.949. The molecule has 24 heavy (non-hydrogen) atoms. The average molecular weight is 376 g/mol. The highest BCUT2D eigenvalue weighted by Crippen LogP contribution is 2.31. The van der Waals surface area contributed by atoms with E-state index in [4.69, 9.17) is 15.3 Å². The molecule has 6 nitrogen and oxygen atoms in total. The molecular weight excluding hydrogens is 350 g/mol. The smallest absolute Gasteiger partial charge is 0.331 e. The van der Waals surface area contributed by atoms with Gasteiger partial charge in [-0.1, -0.05) is 32.1 Å². The molecule has 0 heterocycles. The molecule has 0 saturated carbocycles. The summed E-state index contributed by atoms with van der Waals surface area (Å²) in [6.07, 6.45) is 6.62. The number of thiocarbonyl (C=S) groups is 1. The number of hydrogen-bond acceptors (Lipinski definition) is 5. The fraction of sp³-hybridized carbons (Fsp3) is 0.562. The van der Waals surface area contributed by atoms with Crippen molar-refractivity contribution in [1.29, 1.82) is 0 Å². The van der Waals surface area contributed by atoms with E-state index < -0.39 is 17.4 Å². The Hall–Kier alpha value is -1.38. The van der Waals surface area contributed by atoms with Gasteiger partial charge in [-0.3, -0.25) is 4.79 Å². The molecule has 0 fully saturated rings. The second-order valence-corrected chi connectivity index (χ2v) is 7.27. The average Bonchev–Trinajstić information content (AvgIpc) is 2.47. The number of aliphatic hydroxyl groups excluding tert-OH is 1. The van der Waals surface area contributed by atoms with Crippen molar-refractivity contribution in [2.24, 2.45) is 5.41 Å². The van der Waals surface area contributed by atoms with Crippen molar-refractivity contribution < 1.29 is 24.9 Å². The summed E-state index contributed by atoms with van der Waals surface area (Å²) in [5, 5.41) is 26.3. The first-order valence-electron chi connectivity index (χ1n) is 7.67. The first-order chi connectivity index (χ1) is 11.2. The topological polar surface area (TPSA) is 98.1 Å². The zero-order valence-electron chi connectivity index (χ0n) is 14.2. The second-order valence-electron chi connectivity index (χ2n) is 5.54. The van der Waals surface area contributed by atoms with E-state index in [0.29, 0.717) is 0 Å². The monoisotopic (exact) mass is 375 g/mol. The molecule has 0 radical (unpaired) electrons. The van der Waals surface area contributed by atoms with E-state index in [1.54, 1.807) is 0 Å². The lowest BCUT2D eigenvalue weighted by atomic mass is 9.80. The minimum atomic E-state index is -1.08. The molecule has 0 aromatic rings. The van der Waals surface area contributed by atoms with Crippen LogP contribution in [0.2, 0.25) is 0 Å². The van der Waals surface area contributed by atoms with Crippen LogP contribution in [0.3, 0.4) is 0 Å². The van der Waals surface area contributed by atoms with Crippen molar-refractivity contribution >= 4 is 40.5 Å². The van der Waals surface area contributed by atoms with Crippen molar-refractivity contribution in [3.63, 3.8) is 0 Å². The van der Waals surface area contributed by atoms with Gasteiger partial charge in [0, 0.05) is 30.6 Å². The molecule has 3 N–H and O–H groups in total. The lowest BCUT2D eigenvalue weighted by molar-refractivity contribution is -0.145. The van der Waals surface area contributed by atoms with Gasteiger partial charge in [0.2, 0.25) is 4.38 Å². The maximum absolute atomic E-state index is 10.8. The molecule has 1 unspecified atom stereocenters. The lowest BCUT2D eigenvalue weighted by Gasteiger charge is -2.23. The fourth-order valence-corrected chi connectivity index (χ4v) is 3.08. The van der Waals surface area contributed by atoms with Crippen molar-refractivity contribution in [1.82, 2.24) is 4.31 Å². The molecule has 0 bridgehead atoms. The SMILES string of the molecule is CC1(C(=O)O)C=CC=C(C(=O)O)C1.CCCN(CCC)SC(O)=S. The van der Waals surface area contributed by atoms with Gasteiger partial charge in [-0.25, -0.2) is 9.10 Å². The van der Waals surface area contributed by atoms with Gasteiger partial charge < -0.3 is 15.3 Å². The molecule has 8 heteroatoms. The molecule has 0 amide bonds. The Morgan fingerprint density at radius 3 is 2.17 bits per heavy atom. The third-order valence-electron chi connectivity index (χ3n) is 3.24. The quantitative estimate of drug-likeness (QED) is 0.458. The summed E-state index contributed by atoms with van der Waals surface area (Å²) in [6.45, 7) is 7.70. The number of carboxylic acids is 2. The zero-order chi connectivity index (χ0) is 18.8. The van der Waals surface area contributed by atoms with Gasteiger partial charge in [0.15, 0.2) is 0 Å². The minimum Gasteiger partial charge on any atom is -0.493 e. The summed E-state index contributed by atoms with van der Waals surface area (Å²) in [6, 6.07) is 0. The molecule has 0 aliphatic heterocycles. The zero-order valence-corrected chi connectivity index (χ0v) is 15.8. The number of carboxylic acid groups (broad SMARTS) is 2. The number of aliphatic hydroxyl groups is 1. The summed E-state index contributed by atoms with van der Waals surface area (Å²) >= 11 is 5.85. The fourth-order valence-electron chi connectivity index (χ4n) is 2.00. The predicted molar refractivity (Wildman–Crippen MR) is 100 cm³/mol. The first-order valence-corrected chi connectivity index (χ1v) is 8.85. The molecular formula is C16H25NO5S2. The van der Waals surface area contributed by atoms with Crippen LogP contribution >= 0.6 is 24.2 Å². The maximum Gasteiger partial charge on any atom is 0.331 e. The van der Waals surface area contributed by atoms with Crippen molar-refractivity contribution in [3.8, 4) is 0 Å². The Morgan fingerprint density at radius 2 is 1.79 bits per heavy atom. The van der Waals surface area contributed by atoms with Gasteiger partial charge >= 0.3 is 11.9 Å². The highest BCUT2D eigenvalue weighted by Gasteiger charge is 2.34. The summed E-state index contributed by atoms with van der Waals surface area (Å²) in [4.78, 5) is 21.3. The Balaban J connectivity index is 0.000000449. The van der Waals surface area contributed by atoms with Crippen LogP contribution in [0, 0.1) is 5.41 Å². The number of allylic oxidation sites excluding steroid dienone is 2. The normalized spacial score (nSPS) is 19.2. The van der Waals surface area contributed by atoms with Crippen LogP contribution in [0.4, 0.5) is 0 Å². The van der Waals surface area contributed by atoms with Crippen LogP contribution in [-0.2, 0) is 9.59 Å². The van der Waals surface area contributed by atoms with Gasteiger partial charge in [0.25, 0.3) is 0 Å². The van der Waals surface area contributed by atoms with E-state index in [9.17, 15) is 9.59 Å². The molecule has 136 valence electrons. The Bertz CT molecular complexity index is 513. The highest BCUT2D eigenvalue weighted by atomic mass is 32.2. The molecule has 1 atom stereocenters. The van der Waals surface area contributed by atoms with Crippen LogP contribution in [0.1, 0.15) is 40.0 Å². The predicted octanol–water partition coefficient (Wildman–Crippen LogP) is 3.65. The Labute approximate surface area is 152 Å². The van der Waals surface area contributed by atoms with Gasteiger partial charge in [-0.2, -0.15) is 0 Å². The molecule has 0 aromatic heterocycles. The maximum atomic E-state index is 10.8. The standard InChI is InChI=1S/C9H10O4.C7H15NOS2/c1-9(8(12)13)4-2-3-6(5-9)7(10)11;1-3-5-8(6-4-2)11-7(9)10/h2-4H,5H2,1H3,(H,10,11)(H,12,13);3-6H2,1-2H3,(H,9,10). The van der Waals surface area contributed by atoms with Crippen LogP contribution in [0.5, 0.6) is 0 Å². The van der Waals surface area contributed by atoms with E-state index in [1.165, 1.54) is 37.1 Å². The summed E-state index contributed by atoms with van der Waals surface area (Å²) in [7, 11) is 0. The molecule has 1 aliphatic rings. The number of rotatable bonds is 7. The Morgan fingerprint density at radius 1 is 1.25 bits per heavy atom. The van der Waals surface area contributed by atoms with Crippen molar-refractivity contribution in [3.05, 3.63) is 23.8 Å². The second kappa shape index (κ2) is 11.2. The number of aliphatic carboxylic acids is 2. The highest BCUT2D eigenvalue weighted by molar-refractivity contribution is 8.20. The van der Waals surface area contributed by atoms with Crippen LogP contribution < -0.4 is 0 Å². The molecule has 0 spiro atoms. The minimum absolute atomic E-state index is 0.0203. The van der Waals surface area contributed by atoms with Crippen LogP contribution in [0.15, 0.2) is 23.8 Å². The van der Waals surface area contributed by atoms with E-state index in [0.717, 1.165) is 25.9 Å². The first kappa shape index (κ1) is 22.6. The molecule has 0 saturated heterocycles. The summed E-state index contributed by atoms with van der Waals surface area (Å²) in [5.74, 6) is -2.06. The summed E-state index contributed by atoms with van der Waals surface area (Å²) < 4.78 is 2.11. The third-order valence-corrected chi connectivity index (χ3v) is 4.24. The largest absolute Gasteiger partial charge is 0.493 e. The van der Waals surface area contributed by atoms with E-state index >= 15 is 0 Å². The van der Waals surface area contributed by atoms with Gasteiger partial charge in [0.1, 0.15) is 0 Å². The Kier molecular flexibility index (Phi) is 10.6. The molecule has 1 aliphatic carbocycles. The van der Waals surface area contributed by atoms with E-state index in [1.807, 2.05) is 0 Å². The van der Waals surface area contributed by atoms with Gasteiger partial charge in [-0.05, 0) is 38.4 Å². The number of hydrogen-bond donors (Lipinski definition) is 3. The lowest BCUT2D eigenvalue weighted by Crippen LogP contribution is -2.28. The van der Waals surface area contributed by atoms with Gasteiger partial charge in [0.05, 0.1) is 5.41 Å². The number of nitrogens with zero attached hydrogens (tertiary/aromatic N) is 1. The van der Waals surface area contributed by atoms with E-state index in [-0.39, 0.29) is 16.4 Å².